The van der Waals surface area contributed by atoms with E-state index in [0.717, 1.165) is 59.8 Å². The molecule has 1 saturated heterocycles. The molecule has 0 spiro atoms. The molecule has 4 rings (SSSR count). The van der Waals surface area contributed by atoms with Gasteiger partial charge in [-0.15, -0.1) is 11.3 Å². The first-order chi connectivity index (χ1) is 14.8. The van der Waals surface area contributed by atoms with Gasteiger partial charge in [-0.2, -0.15) is 0 Å². The Balaban J connectivity index is 1.38. The molecule has 0 aliphatic carbocycles. The first-order valence-corrected chi connectivity index (χ1v) is 11.2. The van der Waals surface area contributed by atoms with Gasteiger partial charge in [0.05, 0.1) is 32.1 Å². The summed E-state index contributed by atoms with van der Waals surface area (Å²) in [6, 6.07) is 16.0. The summed E-state index contributed by atoms with van der Waals surface area (Å²) in [5, 5.41) is 3.11. The summed E-state index contributed by atoms with van der Waals surface area (Å²) in [5.74, 6) is 2.96. The van der Waals surface area contributed by atoms with Gasteiger partial charge < -0.3 is 14.2 Å². The topological polar surface area (TPSA) is 43.8 Å². The molecule has 30 heavy (non-hydrogen) atoms. The molecular weight excluding hydrogens is 396 g/mol. The van der Waals surface area contributed by atoms with Crippen LogP contribution in [0.4, 0.5) is 0 Å². The van der Waals surface area contributed by atoms with Crippen LogP contribution in [0.5, 0.6) is 17.2 Å². The largest absolute Gasteiger partial charge is 0.493 e. The Hall–Kier alpha value is -2.57. The zero-order valence-corrected chi connectivity index (χ0v) is 18.4. The highest BCUT2D eigenvalue weighted by Gasteiger charge is 2.22. The van der Waals surface area contributed by atoms with Crippen LogP contribution in [0.2, 0.25) is 0 Å². The number of hydrogen-bond acceptors (Lipinski definition) is 6. The van der Waals surface area contributed by atoms with Crippen LogP contribution < -0.4 is 14.2 Å². The average molecular weight is 425 g/mol. The number of likely N-dealkylation sites (tertiary alicyclic amines) is 1. The first kappa shape index (κ1) is 20.7. The number of nitrogens with zero attached hydrogens (tertiary/aromatic N) is 2. The summed E-state index contributed by atoms with van der Waals surface area (Å²) in [6.45, 7) is 3.79. The highest BCUT2D eigenvalue weighted by Crippen LogP contribution is 2.39. The van der Waals surface area contributed by atoms with Crippen LogP contribution in [0.3, 0.4) is 0 Å². The number of piperidine rings is 1. The molecule has 1 aliphatic heterocycles. The molecule has 5 nitrogen and oxygen atoms in total. The first-order valence-electron chi connectivity index (χ1n) is 10.3. The lowest BCUT2D eigenvalue weighted by Crippen LogP contribution is -2.37. The van der Waals surface area contributed by atoms with Gasteiger partial charge in [-0.25, -0.2) is 4.98 Å². The van der Waals surface area contributed by atoms with Crippen molar-refractivity contribution in [2.45, 2.75) is 19.4 Å². The van der Waals surface area contributed by atoms with Crippen LogP contribution in [0.25, 0.3) is 10.6 Å². The van der Waals surface area contributed by atoms with Crippen molar-refractivity contribution in [2.75, 3.05) is 33.9 Å². The Kier molecular flexibility index (Phi) is 6.87. The van der Waals surface area contributed by atoms with E-state index in [4.69, 9.17) is 19.2 Å². The second-order valence-corrected chi connectivity index (χ2v) is 8.41. The van der Waals surface area contributed by atoms with E-state index in [0.29, 0.717) is 5.92 Å². The van der Waals surface area contributed by atoms with Gasteiger partial charge in [-0.1, -0.05) is 24.3 Å². The normalized spacial score (nSPS) is 16.9. The van der Waals surface area contributed by atoms with Crippen LogP contribution in [-0.4, -0.2) is 43.8 Å². The molecular formula is C24H28N2O3S. The summed E-state index contributed by atoms with van der Waals surface area (Å²) < 4.78 is 17.0. The molecule has 0 radical (unpaired) electrons. The predicted molar refractivity (Wildman–Crippen MR) is 121 cm³/mol. The Morgan fingerprint density at radius 3 is 2.73 bits per heavy atom. The number of ether oxygens (including phenoxy) is 3. The number of aromatic nitrogens is 1. The highest BCUT2D eigenvalue weighted by molar-refractivity contribution is 7.13. The van der Waals surface area contributed by atoms with Crippen molar-refractivity contribution in [3.05, 3.63) is 59.6 Å². The number of thiazole rings is 1. The molecule has 1 aromatic heterocycles. The third-order valence-corrected chi connectivity index (χ3v) is 6.33. The maximum Gasteiger partial charge on any atom is 0.170 e. The Bertz CT molecular complexity index is 945. The molecule has 0 N–H and O–H groups in total. The lowest BCUT2D eigenvalue weighted by Gasteiger charge is -2.32. The molecule has 0 bridgehead atoms. The summed E-state index contributed by atoms with van der Waals surface area (Å²) in [4.78, 5) is 7.38. The minimum absolute atomic E-state index is 0.551. The summed E-state index contributed by atoms with van der Waals surface area (Å²) in [6.07, 6.45) is 2.41. The molecule has 158 valence electrons. The van der Waals surface area contributed by atoms with E-state index in [1.807, 2.05) is 48.5 Å². The zero-order chi connectivity index (χ0) is 20.8. The lowest BCUT2D eigenvalue weighted by molar-refractivity contribution is 0.124. The Morgan fingerprint density at radius 1 is 1.07 bits per heavy atom. The predicted octanol–water partition coefficient (Wildman–Crippen LogP) is 5.12. The van der Waals surface area contributed by atoms with Crippen molar-refractivity contribution in [1.82, 2.24) is 9.88 Å². The van der Waals surface area contributed by atoms with Gasteiger partial charge in [0.15, 0.2) is 11.5 Å². The third kappa shape index (κ3) is 4.94. The van der Waals surface area contributed by atoms with Crippen molar-refractivity contribution >= 4 is 11.3 Å². The van der Waals surface area contributed by atoms with Gasteiger partial charge in [-0.3, -0.25) is 4.90 Å². The lowest BCUT2D eigenvalue weighted by atomic mass is 9.99. The Labute approximate surface area is 182 Å². The van der Waals surface area contributed by atoms with Gasteiger partial charge in [0.2, 0.25) is 0 Å². The van der Waals surface area contributed by atoms with E-state index in [1.165, 1.54) is 12.8 Å². The summed E-state index contributed by atoms with van der Waals surface area (Å²) in [5.41, 5.74) is 2.07. The smallest absolute Gasteiger partial charge is 0.170 e. The molecule has 1 fully saturated rings. The molecule has 1 unspecified atom stereocenters. The van der Waals surface area contributed by atoms with E-state index < -0.39 is 0 Å². The monoisotopic (exact) mass is 424 g/mol. The molecule has 0 saturated carbocycles. The fourth-order valence-electron chi connectivity index (χ4n) is 3.95. The fourth-order valence-corrected chi connectivity index (χ4v) is 4.78. The third-order valence-electron chi connectivity index (χ3n) is 5.40. The van der Waals surface area contributed by atoms with Crippen molar-refractivity contribution in [3.8, 4) is 27.8 Å². The second kappa shape index (κ2) is 9.96. The van der Waals surface area contributed by atoms with Crippen molar-refractivity contribution < 1.29 is 14.2 Å². The number of para-hydroxylation sites is 2. The Morgan fingerprint density at radius 2 is 1.93 bits per heavy atom. The van der Waals surface area contributed by atoms with E-state index in [-0.39, 0.29) is 0 Å². The van der Waals surface area contributed by atoms with E-state index in [2.05, 4.69) is 10.3 Å². The van der Waals surface area contributed by atoms with E-state index in [1.54, 1.807) is 25.6 Å². The van der Waals surface area contributed by atoms with E-state index >= 15 is 0 Å². The highest BCUT2D eigenvalue weighted by atomic mass is 32.1. The SMILES string of the molecule is COc1cccc(-c2nc(CN3CCCC(COc4ccccc4)C3)cs2)c1OC. The van der Waals surface area contributed by atoms with Crippen molar-refractivity contribution in [1.29, 1.82) is 0 Å². The van der Waals surface area contributed by atoms with Crippen molar-refractivity contribution in [3.63, 3.8) is 0 Å². The van der Waals surface area contributed by atoms with Crippen LogP contribution in [0.15, 0.2) is 53.9 Å². The average Bonchev–Trinajstić information content (AvgIpc) is 3.26. The van der Waals surface area contributed by atoms with E-state index in [9.17, 15) is 0 Å². The zero-order valence-electron chi connectivity index (χ0n) is 17.5. The minimum Gasteiger partial charge on any atom is -0.493 e. The van der Waals surface area contributed by atoms with Gasteiger partial charge in [0.25, 0.3) is 0 Å². The van der Waals surface area contributed by atoms with Crippen LogP contribution in [0, 0.1) is 5.92 Å². The standard InChI is InChI=1S/C24H28N2O3S/c1-27-22-12-6-11-21(23(22)28-2)24-25-19(17-30-24)15-26-13-7-8-18(14-26)16-29-20-9-4-3-5-10-20/h3-6,9-12,17-18H,7-8,13-16H2,1-2H3. The second-order valence-electron chi connectivity index (χ2n) is 7.55. The van der Waals surface area contributed by atoms with Gasteiger partial charge >= 0.3 is 0 Å². The molecule has 6 heteroatoms. The van der Waals surface area contributed by atoms with Crippen molar-refractivity contribution in [2.24, 2.45) is 5.92 Å². The molecule has 1 atom stereocenters. The number of methoxy groups -OCH3 is 2. The van der Waals surface area contributed by atoms with Crippen LogP contribution in [-0.2, 0) is 6.54 Å². The van der Waals surface area contributed by atoms with Gasteiger partial charge in [-0.05, 0) is 43.7 Å². The molecule has 0 amide bonds. The minimum atomic E-state index is 0.551. The number of hydrogen-bond donors (Lipinski definition) is 0. The molecule has 2 aromatic carbocycles. The molecule has 2 heterocycles. The molecule has 3 aromatic rings. The fraction of sp³-hybridized carbons (Fsp3) is 0.375. The van der Waals surface area contributed by atoms with Crippen LogP contribution in [0.1, 0.15) is 18.5 Å². The quantitative estimate of drug-likeness (QED) is 0.502. The molecule has 1 aliphatic rings. The summed E-state index contributed by atoms with van der Waals surface area (Å²) in [7, 11) is 3.32. The maximum atomic E-state index is 5.99. The van der Waals surface area contributed by atoms with Gasteiger partial charge in [0, 0.05) is 24.4 Å². The maximum absolute atomic E-state index is 5.99. The summed E-state index contributed by atoms with van der Waals surface area (Å²) >= 11 is 1.65. The number of rotatable bonds is 8. The van der Waals surface area contributed by atoms with Crippen LogP contribution >= 0.6 is 11.3 Å². The van der Waals surface area contributed by atoms with Gasteiger partial charge in [0.1, 0.15) is 10.8 Å². The number of benzene rings is 2.